The number of aromatic amines is 1. The van der Waals surface area contributed by atoms with Crippen molar-refractivity contribution >= 4 is 22.7 Å². The molecular formula is C10H7N3O2. The van der Waals surface area contributed by atoms with Crippen molar-refractivity contribution in [3.05, 3.63) is 34.4 Å². The Kier molecular flexibility index (Phi) is 1.39. The molecule has 2 aromatic rings. The molecule has 0 fully saturated rings. The number of nitrogens with one attached hydrogen (secondary N) is 2. The van der Waals surface area contributed by atoms with Crippen molar-refractivity contribution < 1.29 is 5.11 Å². The minimum absolute atomic E-state index is 0.161. The fourth-order valence-electron chi connectivity index (χ4n) is 1.75. The van der Waals surface area contributed by atoms with Gasteiger partial charge in [0.05, 0.1) is 0 Å². The molecule has 0 radical (unpaired) electrons. The van der Waals surface area contributed by atoms with Gasteiger partial charge in [0.15, 0.2) is 0 Å². The summed E-state index contributed by atoms with van der Waals surface area (Å²) in [5, 5.41) is 13.1. The summed E-state index contributed by atoms with van der Waals surface area (Å²) in [6.07, 6.45) is 5.11. The normalized spacial score (nSPS) is 12.8. The van der Waals surface area contributed by atoms with E-state index in [0.717, 1.165) is 5.56 Å². The minimum atomic E-state index is -0.384. The Morgan fingerprint density at radius 2 is 2.27 bits per heavy atom. The van der Waals surface area contributed by atoms with E-state index < -0.39 is 0 Å². The second kappa shape index (κ2) is 2.60. The molecule has 3 N–H and O–H groups in total. The van der Waals surface area contributed by atoms with E-state index in [2.05, 4.69) is 15.3 Å². The summed E-state index contributed by atoms with van der Waals surface area (Å²) in [5.74, 6) is -0.161. The van der Waals surface area contributed by atoms with Crippen molar-refractivity contribution in [2.24, 2.45) is 0 Å². The maximum absolute atomic E-state index is 11.5. The van der Waals surface area contributed by atoms with E-state index >= 15 is 0 Å². The lowest BCUT2D eigenvalue weighted by Crippen LogP contribution is -2.11. The molecule has 2 aromatic heterocycles. The van der Waals surface area contributed by atoms with Gasteiger partial charge in [-0.2, -0.15) is 0 Å². The van der Waals surface area contributed by atoms with Gasteiger partial charge < -0.3 is 10.4 Å². The number of nitrogens with zero attached hydrogens (tertiary/aromatic N) is 1. The number of rotatable bonds is 0. The number of H-pyrrole nitrogens is 1. The SMILES string of the molecule is O=c1[nH]c(O)c2c3c(ccnc13)C=CN2. The van der Waals surface area contributed by atoms with E-state index in [0.29, 0.717) is 16.6 Å². The molecule has 0 bridgehead atoms. The maximum Gasteiger partial charge on any atom is 0.277 e. The van der Waals surface area contributed by atoms with Crippen LogP contribution < -0.4 is 10.9 Å². The van der Waals surface area contributed by atoms with E-state index in [4.69, 9.17) is 0 Å². The van der Waals surface area contributed by atoms with Crippen LogP contribution in [-0.4, -0.2) is 15.1 Å². The van der Waals surface area contributed by atoms with Gasteiger partial charge in [-0.05, 0) is 17.7 Å². The highest BCUT2D eigenvalue weighted by Gasteiger charge is 2.15. The lowest BCUT2D eigenvalue weighted by Gasteiger charge is -2.13. The van der Waals surface area contributed by atoms with Crippen LogP contribution in [0.25, 0.3) is 17.0 Å². The van der Waals surface area contributed by atoms with Crippen molar-refractivity contribution in [2.45, 2.75) is 0 Å². The topological polar surface area (TPSA) is 78.0 Å². The third-order valence-corrected chi connectivity index (χ3v) is 2.41. The summed E-state index contributed by atoms with van der Waals surface area (Å²) in [6, 6.07) is 1.79. The van der Waals surface area contributed by atoms with Crippen LogP contribution in [0.5, 0.6) is 5.88 Å². The first-order valence-electron chi connectivity index (χ1n) is 4.44. The van der Waals surface area contributed by atoms with E-state index in [-0.39, 0.29) is 11.4 Å². The van der Waals surface area contributed by atoms with E-state index in [1.54, 1.807) is 18.5 Å². The summed E-state index contributed by atoms with van der Waals surface area (Å²) in [6.45, 7) is 0. The second-order valence-electron chi connectivity index (χ2n) is 3.28. The Morgan fingerprint density at radius 1 is 1.40 bits per heavy atom. The van der Waals surface area contributed by atoms with Gasteiger partial charge in [0.2, 0.25) is 5.88 Å². The summed E-state index contributed by atoms with van der Waals surface area (Å²) < 4.78 is 0. The molecule has 0 aromatic carbocycles. The van der Waals surface area contributed by atoms with Crippen molar-refractivity contribution in [3.8, 4) is 5.88 Å². The molecule has 0 amide bonds. The van der Waals surface area contributed by atoms with Crippen molar-refractivity contribution in [2.75, 3.05) is 5.32 Å². The molecule has 0 saturated carbocycles. The highest BCUT2D eigenvalue weighted by atomic mass is 16.3. The third-order valence-electron chi connectivity index (χ3n) is 2.41. The standard InChI is InChI=1S/C10H7N3O2/c14-9-7-6-5(1-3-11-7)2-4-12-8(6)10(15)13-9/h1-4,11H,(H2,13,14,15). The summed E-state index contributed by atoms with van der Waals surface area (Å²) in [5.41, 5.74) is 1.31. The number of aromatic nitrogens is 2. The van der Waals surface area contributed by atoms with Gasteiger partial charge in [0, 0.05) is 17.8 Å². The second-order valence-corrected chi connectivity index (χ2v) is 3.28. The molecule has 0 unspecified atom stereocenters. The van der Waals surface area contributed by atoms with Crippen LogP contribution in [0.4, 0.5) is 5.69 Å². The number of aromatic hydroxyl groups is 1. The van der Waals surface area contributed by atoms with Gasteiger partial charge in [-0.1, -0.05) is 0 Å². The Bertz CT molecular complexity index is 643. The van der Waals surface area contributed by atoms with Gasteiger partial charge in [0.25, 0.3) is 5.56 Å². The van der Waals surface area contributed by atoms with Gasteiger partial charge >= 0.3 is 0 Å². The molecule has 1 aliphatic rings. The highest BCUT2D eigenvalue weighted by Crippen LogP contribution is 2.32. The lowest BCUT2D eigenvalue weighted by molar-refractivity contribution is 0.455. The quantitative estimate of drug-likeness (QED) is 0.594. The summed E-state index contributed by atoms with van der Waals surface area (Å²) >= 11 is 0. The average Bonchev–Trinajstić information content (AvgIpc) is 2.25. The zero-order valence-electron chi connectivity index (χ0n) is 7.61. The van der Waals surface area contributed by atoms with E-state index in [9.17, 15) is 9.90 Å². The molecule has 3 rings (SSSR count). The Balaban J connectivity index is 2.64. The Morgan fingerprint density at radius 3 is 3.13 bits per heavy atom. The van der Waals surface area contributed by atoms with Gasteiger partial charge in [0.1, 0.15) is 11.2 Å². The number of pyridine rings is 2. The smallest absolute Gasteiger partial charge is 0.277 e. The minimum Gasteiger partial charge on any atom is -0.493 e. The largest absolute Gasteiger partial charge is 0.493 e. The van der Waals surface area contributed by atoms with Crippen LogP contribution in [0.15, 0.2) is 23.3 Å². The van der Waals surface area contributed by atoms with Crippen LogP contribution in [0.2, 0.25) is 0 Å². The van der Waals surface area contributed by atoms with Crippen LogP contribution in [0, 0.1) is 0 Å². The Hall–Kier alpha value is -2.30. The molecule has 15 heavy (non-hydrogen) atoms. The molecule has 74 valence electrons. The Labute approximate surface area is 84.1 Å². The first kappa shape index (κ1) is 8.05. The maximum atomic E-state index is 11.5. The van der Waals surface area contributed by atoms with Gasteiger partial charge in [-0.25, -0.2) is 0 Å². The van der Waals surface area contributed by atoms with Gasteiger partial charge in [-0.15, -0.1) is 0 Å². The lowest BCUT2D eigenvalue weighted by atomic mass is 10.1. The van der Waals surface area contributed by atoms with Crippen LogP contribution >= 0.6 is 0 Å². The molecule has 5 nitrogen and oxygen atoms in total. The number of hydrogen-bond acceptors (Lipinski definition) is 4. The van der Waals surface area contributed by atoms with Crippen LogP contribution in [0.1, 0.15) is 5.56 Å². The molecule has 0 saturated heterocycles. The molecule has 0 atom stereocenters. The first-order chi connectivity index (χ1) is 7.27. The third kappa shape index (κ3) is 0.969. The molecule has 0 aliphatic carbocycles. The predicted molar refractivity (Wildman–Crippen MR) is 56.7 cm³/mol. The average molecular weight is 201 g/mol. The van der Waals surface area contributed by atoms with Crippen molar-refractivity contribution in [1.82, 2.24) is 9.97 Å². The summed E-state index contributed by atoms with van der Waals surface area (Å²) in [7, 11) is 0. The van der Waals surface area contributed by atoms with Crippen molar-refractivity contribution in [3.63, 3.8) is 0 Å². The highest BCUT2D eigenvalue weighted by molar-refractivity contribution is 6.01. The van der Waals surface area contributed by atoms with E-state index in [1.807, 2.05) is 6.08 Å². The monoisotopic (exact) mass is 201 g/mol. The fourth-order valence-corrected chi connectivity index (χ4v) is 1.75. The molecule has 5 heteroatoms. The number of hydrogen-bond donors (Lipinski definition) is 3. The fraction of sp³-hybridized carbons (Fsp3) is 0. The molecular weight excluding hydrogens is 194 g/mol. The first-order valence-corrected chi connectivity index (χ1v) is 4.44. The van der Waals surface area contributed by atoms with Crippen LogP contribution in [-0.2, 0) is 0 Å². The van der Waals surface area contributed by atoms with E-state index in [1.165, 1.54) is 0 Å². The zero-order chi connectivity index (χ0) is 10.4. The molecule has 0 spiro atoms. The molecule has 1 aliphatic heterocycles. The molecule has 3 heterocycles. The zero-order valence-corrected chi connectivity index (χ0v) is 7.61. The number of anilines is 1. The van der Waals surface area contributed by atoms with Crippen molar-refractivity contribution in [1.29, 1.82) is 0 Å². The van der Waals surface area contributed by atoms with Crippen LogP contribution in [0.3, 0.4) is 0 Å². The van der Waals surface area contributed by atoms with Gasteiger partial charge in [-0.3, -0.25) is 14.8 Å². The predicted octanol–water partition coefficient (Wildman–Crippen LogP) is 1.02. The summed E-state index contributed by atoms with van der Waals surface area (Å²) in [4.78, 5) is 17.8.